The second-order valence-electron chi connectivity index (χ2n) is 4.30. The van der Waals surface area contributed by atoms with Crippen molar-refractivity contribution in [3.63, 3.8) is 0 Å². The largest absolute Gasteiger partial charge is 0.313 e. The van der Waals surface area contributed by atoms with Gasteiger partial charge in [0.1, 0.15) is 6.67 Å². The smallest absolute Gasteiger partial charge is 0.107 e. The van der Waals surface area contributed by atoms with Crippen LogP contribution in [0.4, 0.5) is 4.39 Å². The summed E-state index contributed by atoms with van der Waals surface area (Å²) in [5, 5.41) is 6.65. The quantitative estimate of drug-likeness (QED) is 0.669. The summed E-state index contributed by atoms with van der Waals surface area (Å²) in [5.41, 5.74) is -0.370. The molecule has 0 bridgehead atoms. The number of halogens is 1. The van der Waals surface area contributed by atoms with Gasteiger partial charge >= 0.3 is 0 Å². The highest BCUT2D eigenvalue weighted by Gasteiger charge is 2.28. The molecule has 0 unspecified atom stereocenters. The highest BCUT2D eigenvalue weighted by molar-refractivity contribution is 4.91. The summed E-state index contributed by atoms with van der Waals surface area (Å²) in [7, 11) is 0. The molecular weight excluding hydrogens is 155 g/mol. The Kier molecular flexibility index (Phi) is 3.07. The second-order valence-corrected chi connectivity index (χ2v) is 4.30. The lowest BCUT2D eigenvalue weighted by Crippen LogP contribution is -2.51. The van der Waals surface area contributed by atoms with Crippen LogP contribution in [0.2, 0.25) is 0 Å². The first-order valence-corrected chi connectivity index (χ1v) is 4.62. The Labute approximate surface area is 73.9 Å². The standard InChI is InChI=1S/C9H19FN2/c1-7-8(4-5-11-7)12-9(2,3)6-10/h7-8,11-12H,4-6H2,1-3H3/t7-,8-/m0/s1. The molecule has 0 aliphatic carbocycles. The van der Waals surface area contributed by atoms with Crippen LogP contribution in [0.15, 0.2) is 0 Å². The molecule has 1 heterocycles. The zero-order valence-electron chi connectivity index (χ0n) is 8.15. The van der Waals surface area contributed by atoms with Crippen LogP contribution >= 0.6 is 0 Å². The van der Waals surface area contributed by atoms with Gasteiger partial charge in [-0.3, -0.25) is 0 Å². The summed E-state index contributed by atoms with van der Waals surface area (Å²) < 4.78 is 12.5. The van der Waals surface area contributed by atoms with E-state index in [4.69, 9.17) is 0 Å². The van der Waals surface area contributed by atoms with Gasteiger partial charge in [0.25, 0.3) is 0 Å². The SMILES string of the molecule is C[C@@H]1NCC[C@@H]1NC(C)(C)CF. The van der Waals surface area contributed by atoms with Crippen molar-refractivity contribution in [2.24, 2.45) is 0 Å². The van der Waals surface area contributed by atoms with Crippen LogP contribution in [0.1, 0.15) is 27.2 Å². The Morgan fingerprint density at radius 1 is 1.58 bits per heavy atom. The second kappa shape index (κ2) is 3.71. The number of hydrogen-bond acceptors (Lipinski definition) is 2. The zero-order chi connectivity index (χ0) is 9.19. The van der Waals surface area contributed by atoms with E-state index in [1.165, 1.54) is 0 Å². The third kappa shape index (κ3) is 2.42. The molecular formula is C9H19FN2. The average molecular weight is 174 g/mol. The van der Waals surface area contributed by atoms with Gasteiger partial charge in [0.15, 0.2) is 0 Å². The minimum absolute atomic E-state index is 0.309. The molecule has 3 heteroatoms. The van der Waals surface area contributed by atoms with Gasteiger partial charge in [-0.25, -0.2) is 4.39 Å². The summed E-state index contributed by atoms with van der Waals surface area (Å²) in [4.78, 5) is 0. The Balaban J connectivity index is 2.39. The molecule has 2 atom stereocenters. The molecule has 72 valence electrons. The van der Waals surface area contributed by atoms with Crippen LogP contribution in [0.5, 0.6) is 0 Å². The Morgan fingerprint density at radius 3 is 2.67 bits per heavy atom. The van der Waals surface area contributed by atoms with Crippen LogP contribution < -0.4 is 10.6 Å². The molecule has 0 aromatic carbocycles. The van der Waals surface area contributed by atoms with Crippen molar-refractivity contribution in [2.45, 2.75) is 44.8 Å². The minimum Gasteiger partial charge on any atom is -0.313 e. The third-order valence-corrected chi connectivity index (χ3v) is 2.44. The highest BCUT2D eigenvalue weighted by Crippen LogP contribution is 2.12. The van der Waals surface area contributed by atoms with Crippen molar-refractivity contribution >= 4 is 0 Å². The summed E-state index contributed by atoms with van der Waals surface area (Å²) in [6, 6.07) is 0.895. The lowest BCUT2D eigenvalue weighted by molar-refractivity contribution is 0.253. The molecule has 0 radical (unpaired) electrons. The predicted molar refractivity (Wildman–Crippen MR) is 49.1 cm³/mol. The summed E-state index contributed by atoms with van der Waals surface area (Å²) in [6.45, 7) is 6.67. The topological polar surface area (TPSA) is 24.1 Å². The van der Waals surface area contributed by atoms with Crippen molar-refractivity contribution in [1.82, 2.24) is 10.6 Å². The lowest BCUT2D eigenvalue weighted by Gasteiger charge is -2.29. The van der Waals surface area contributed by atoms with Gasteiger partial charge in [0.2, 0.25) is 0 Å². The summed E-state index contributed by atoms with van der Waals surface area (Å²) in [6.07, 6.45) is 1.10. The first kappa shape index (κ1) is 9.93. The number of rotatable bonds is 3. The fourth-order valence-corrected chi connectivity index (χ4v) is 1.60. The monoisotopic (exact) mass is 174 g/mol. The van der Waals surface area contributed by atoms with Gasteiger partial charge < -0.3 is 10.6 Å². The van der Waals surface area contributed by atoms with Gasteiger partial charge in [-0.1, -0.05) is 0 Å². The van der Waals surface area contributed by atoms with Crippen molar-refractivity contribution in [2.75, 3.05) is 13.2 Å². The van der Waals surface area contributed by atoms with E-state index in [9.17, 15) is 4.39 Å². The first-order valence-electron chi connectivity index (χ1n) is 4.62. The Morgan fingerprint density at radius 2 is 2.25 bits per heavy atom. The van der Waals surface area contributed by atoms with Crippen LogP contribution in [-0.2, 0) is 0 Å². The molecule has 2 nitrogen and oxygen atoms in total. The number of nitrogens with one attached hydrogen (secondary N) is 2. The molecule has 0 amide bonds. The molecule has 1 saturated heterocycles. The minimum atomic E-state index is -0.370. The molecule has 1 aliphatic heterocycles. The van der Waals surface area contributed by atoms with Crippen molar-refractivity contribution in [1.29, 1.82) is 0 Å². The molecule has 2 N–H and O–H groups in total. The van der Waals surface area contributed by atoms with Gasteiger partial charge in [-0.2, -0.15) is 0 Å². The van der Waals surface area contributed by atoms with E-state index in [1.807, 2.05) is 13.8 Å². The predicted octanol–water partition coefficient (Wildman–Crippen LogP) is 1.07. The number of alkyl halides is 1. The van der Waals surface area contributed by atoms with Gasteiger partial charge in [0.05, 0.1) is 0 Å². The summed E-state index contributed by atoms with van der Waals surface area (Å²) in [5.74, 6) is 0. The highest BCUT2D eigenvalue weighted by atomic mass is 19.1. The van der Waals surface area contributed by atoms with E-state index in [1.54, 1.807) is 0 Å². The van der Waals surface area contributed by atoms with Crippen LogP contribution in [0.3, 0.4) is 0 Å². The van der Waals surface area contributed by atoms with Gasteiger partial charge in [-0.15, -0.1) is 0 Å². The third-order valence-electron chi connectivity index (χ3n) is 2.44. The molecule has 0 saturated carbocycles. The Hall–Kier alpha value is -0.150. The average Bonchev–Trinajstić information content (AvgIpc) is 2.36. The maximum Gasteiger partial charge on any atom is 0.107 e. The van der Waals surface area contributed by atoms with Crippen molar-refractivity contribution < 1.29 is 4.39 Å². The van der Waals surface area contributed by atoms with E-state index < -0.39 is 0 Å². The van der Waals surface area contributed by atoms with Crippen molar-refractivity contribution in [3.05, 3.63) is 0 Å². The maximum atomic E-state index is 12.5. The van der Waals surface area contributed by atoms with Crippen LogP contribution in [0, 0.1) is 0 Å². The molecule has 0 aromatic heterocycles. The van der Waals surface area contributed by atoms with Gasteiger partial charge in [0, 0.05) is 17.6 Å². The molecule has 0 spiro atoms. The molecule has 12 heavy (non-hydrogen) atoms. The molecule has 0 aromatic rings. The van der Waals surface area contributed by atoms with E-state index in [0.717, 1.165) is 13.0 Å². The van der Waals surface area contributed by atoms with E-state index >= 15 is 0 Å². The molecule has 1 fully saturated rings. The molecule has 1 aliphatic rings. The zero-order valence-corrected chi connectivity index (χ0v) is 8.15. The van der Waals surface area contributed by atoms with Crippen LogP contribution in [-0.4, -0.2) is 30.8 Å². The maximum absolute atomic E-state index is 12.5. The fraction of sp³-hybridized carbons (Fsp3) is 1.00. The fourth-order valence-electron chi connectivity index (χ4n) is 1.60. The first-order chi connectivity index (χ1) is 5.55. The van der Waals surface area contributed by atoms with Gasteiger partial charge in [-0.05, 0) is 33.7 Å². The lowest BCUT2D eigenvalue weighted by atomic mass is 10.0. The Bertz CT molecular complexity index is 147. The normalized spacial score (nSPS) is 31.0. The van der Waals surface area contributed by atoms with Crippen molar-refractivity contribution in [3.8, 4) is 0 Å². The van der Waals surface area contributed by atoms with E-state index in [2.05, 4.69) is 17.6 Å². The molecule has 1 rings (SSSR count). The van der Waals surface area contributed by atoms with E-state index in [-0.39, 0.29) is 12.2 Å². The number of hydrogen-bond donors (Lipinski definition) is 2. The van der Waals surface area contributed by atoms with E-state index in [0.29, 0.717) is 12.1 Å². The summed E-state index contributed by atoms with van der Waals surface area (Å²) >= 11 is 0. The van der Waals surface area contributed by atoms with Crippen LogP contribution in [0.25, 0.3) is 0 Å².